The molecule has 8 nitrogen and oxygen atoms in total. The topological polar surface area (TPSA) is 91.1 Å². The summed E-state index contributed by atoms with van der Waals surface area (Å²) < 4.78 is 13.5. The van der Waals surface area contributed by atoms with Crippen molar-refractivity contribution in [2.24, 2.45) is 0 Å². The quantitative estimate of drug-likeness (QED) is 0.630. The third-order valence-corrected chi connectivity index (χ3v) is 4.64. The lowest BCUT2D eigenvalue weighted by atomic mass is 10.1. The van der Waals surface area contributed by atoms with Gasteiger partial charge in [0.15, 0.2) is 5.65 Å². The molecule has 2 heterocycles. The van der Waals surface area contributed by atoms with Gasteiger partial charge in [0.05, 0.1) is 14.2 Å². The zero-order chi connectivity index (χ0) is 21.0. The van der Waals surface area contributed by atoms with Gasteiger partial charge in [-0.3, -0.25) is 13.9 Å². The number of aromatic amines is 1. The Morgan fingerprint density at radius 1 is 1.03 bits per heavy atom. The van der Waals surface area contributed by atoms with E-state index in [1.54, 1.807) is 30.9 Å². The molecule has 0 bridgehead atoms. The summed E-state index contributed by atoms with van der Waals surface area (Å²) in [5, 5.41) is 0. The number of ether oxygens (including phenoxy) is 2. The molecule has 0 saturated carbocycles. The average Bonchev–Trinajstić information content (AvgIpc) is 3.17. The fraction of sp³-hybridized carbons (Fsp3) is 0.381. The normalized spacial score (nSPS) is 11.4. The molecule has 1 aromatic carbocycles. The fourth-order valence-electron chi connectivity index (χ4n) is 3.23. The van der Waals surface area contributed by atoms with Crippen LogP contribution in [0.2, 0.25) is 0 Å². The van der Waals surface area contributed by atoms with Gasteiger partial charge in [-0.1, -0.05) is 13.8 Å². The Bertz CT molecular complexity index is 1150. The number of fused-ring (bicyclic) bond motifs is 1. The summed E-state index contributed by atoms with van der Waals surface area (Å²) >= 11 is 0. The van der Waals surface area contributed by atoms with Crippen molar-refractivity contribution in [3.63, 3.8) is 0 Å². The molecule has 8 heteroatoms. The van der Waals surface area contributed by atoms with Gasteiger partial charge in [0.25, 0.3) is 5.56 Å². The van der Waals surface area contributed by atoms with Crippen molar-refractivity contribution >= 4 is 23.3 Å². The molecule has 0 atom stereocenters. The van der Waals surface area contributed by atoms with Crippen LogP contribution in [0.5, 0.6) is 11.5 Å². The van der Waals surface area contributed by atoms with E-state index in [0.29, 0.717) is 48.0 Å². The number of nitrogens with zero attached hydrogens (tertiary/aromatic N) is 3. The van der Waals surface area contributed by atoms with Crippen molar-refractivity contribution < 1.29 is 9.47 Å². The summed E-state index contributed by atoms with van der Waals surface area (Å²) in [6.45, 7) is 4.80. The first kappa shape index (κ1) is 20.4. The van der Waals surface area contributed by atoms with Crippen LogP contribution in [-0.2, 0) is 13.1 Å². The number of imidazole rings is 1. The molecule has 2 aromatic heterocycles. The molecule has 3 rings (SSSR count). The van der Waals surface area contributed by atoms with E-state index in [2.05, 4.69) is 9.97 Å². The second-order valence-corrected chi connectivity index (χ2v) is 6.65. The second-order valence-electron chi connectivity index (χ2n) is 6.65. The highest BCUT2D eigenvalue weighted by Gasteiger charge is 2.16. The first-order chi connectivity index (χ1) is 14.0. The molecule has 0 radical (unpaired) electrons. The standard InChI is InChI=1S/C21H26N4O4/c1-5-11-24-19-18(20(26)25(12-6-2)21(24)27)22-17(23-19)10-8-14-7-9-15(28-3)13-16(14)29-4/h7-10,13H,5-6,11-12H2,1-4H3,(H,22,23)/b10-8+. The second kappa shape index (κ2) is 8.81. The van der Waals surface area contributed by atoms with E-state index >= 15 is 0 Å². The summed E-state index contributed by atoms with van der Waals surface area (Å²) in [5.41, 5.74) is 0.907. The maximum atomic E-state index is 12.8. The van der Waals surface area contributed by atoms with Gasteiger partial charge in [-0.05, 0) is 37.1 Å². The molecule has 0 fully saturated rings. The summed E-state index contributed by atoms with van der Waals surface area (Å²) in [4.78, 5) is 33.1. The van der Waals surface area contributed by atoms with E-state index in [-0.39, 0.29) is 11.2 Å². The molecule has 1 N–H and O–H groups in total. The van der Waals surface area contributed by atoms with Gasteiger partial charge in [0.1, 0.15) is 22.8 Å². The number of nitrogens with one attached hydrogen (secondary N) is 1. The Morgan fingerprint density at radius 2 is 1.76 bits per heavy atom. The number of methoxy groups -OCH3 is 2. The molecule has 154 valence electrons. The lowest BCUT2D eigenvalue weighted by Crippen LogP contribution is -2.40. The lowest BCUT2D eigenvalue weighted by molar-refractivity contribution is 0.394. The number of H-pyrrole nitrogens is 1. The van der Waals surface area contributed by atoms with E-state index in [1.165, 1.54) is 4.57 Å². The molecule has 0 aliphatic heterocycles. The van der Waals surface area contributed by atoms with Crippen molar-refractivity contribution in [3.8, 4) is 11.5 Å². The maximum absolute atomic E-state index is 12.8. The monoisotopic (exact) mass is 398 g/mol. The number of aryl methyl sites for hydroxylation is 1. The van der Waals surface area contributed by atoms with Crippen LogP contribution in [-0.4, -0.2) is 33.3 Å². The Hall–Kier alpha value is -3.29. The van der Waals surface area contributed by atoms with Crippen molar-refractivity contribution in [2.45, 2.75) is 39.8 Å². The number of rotatable bonds is 8. The molecule has 0 aliphatic rings. The minimum absolute atomic E-state index is 0.315. The first-order valence-corrected chi connectivity index (χ1v) is 9.67. The van der Waals surface area contributed by atoms with Gasteiger partial charge < -0.3 is 14.5 Å². The van der Waals surface area contributed by atoms with Crippen LogP contribution < -0.4 is 20.7 Å². The lowest BCUT2D eigenvalue weighted by Gasteiger charge is -2.09. The Morgan fingerprint density at radius 3 is 2.41 bits per heavy atom. The third kappa shape index (κ3) is 3.96. The minimum Gasteiger partial charge on any atom is -0.497 e. The number of aromatic nitrogens is 4. The van der Waals surface area contributed by atoms with Gasteiger partial charge in [-0.15, -0.1) is 0 Å². The average molecular weight is 398 g/mol. The maximum Gasteiger partial charge on any atom is 0.332 e. The molecule has 0 spiro atoms. The molecule has 0 aliphatic carbocycles. The van der Waals surface area contributed by atoms with E-state index in [4.69, 9.17) is 9.47 Å². The zero-order valence-electron chi connectivity index (χ0n) is 17.2. The molecule has 0 amide bonds. The van der Waals surface area contributed by atoms with Crippen LogP contribution in [0.15, 0.2) is 27.8 Å². The van der Waals surface area contributed by atoms with E-state index in [1.807, 2.05) is 32.1 Å². The highest BCUT2D eigenvalue weighted by molar-refractivity contribution is 5.76. The largest absolute Gasteiger partial charge is 0.497 e. The summed E-state index contributed by atoms with van der Waals surface area (Å²) in [5.74, 6) is 1.85. The van der Waals surface area contributed by atoms with Crippen LogP contribution >= 0.6 is 0 Å². The van der Waals surface area contributed by atoms with Crippen molar-refractivity contribution in [1.29, 1.82) is 0 Å². The van der Waals surface area contributed by atoms with Crippen molar-refractivity contribution in [3.05, 3.63) is 50.4 Å². The highest BCUT2D eigenvalue weighted by Crippen LogP contribution is 2.26. The fourth-order valence-corrected chi connectivity index (χ4v) is 3.23. The van der Waals surface area contributed by atoms with Crippen LogP contribution in [0.4, 0.5) is 0 Å². The predicted molar refractivity (Wildman–Crippen MR) is 114 cm³/mol. The van der Waals surface area contributed by atoms with Gasteiger partial charge in [0.2, 0.25) is 0 Å². The van der Waals surface area contributed by atoms with Crippen LogP contribution in [0, 0.1) is 0 Å². The number of hydrogen-bond acceptors (Lipinski definition) is 5. The van der Waals surface area contributed by atoms with Crippen LogP contribution in [0.3, 0.4) is 0 Å². The molecular weight excluding hydrogens is 372 g/mol. The van der Waals surface area contributed by atoms with Crippen molar-refractivity contribution in [2.75, 3.05) is 14.2 Å². The van der Waals surface area contributed by atoms with Gasteiger partial charge in [-0.2, -0.15) is 0 Å². The zero-order valence-corrected chi connectivity index (χ0v) is 17.2. The summed E-state index contributed by atoms with van der Waals surface area (Å²) in [7, 11) is 3.19. The molecular formula is C21H26N4O4. The Balaban J connectivity index is 2.09. The summed E-state index contributed by atoms with van der Waals surface area (Å²) in [6, 6.07) is 5.50. The summed E-state index contributed by atoms with van der Waals surface area (Å²) in [6.07, 6.45) is 5.06. The Labute approximate surface area is 168 Å². The molecule has 0 unspecified atom stereocenters. The molecule has 0 saturated heterocycles. The SMILES string of the molecule is CCCn1c(=O)c2[nH]c(/C=C/c3ccc(OC)cc3OC)nc2n(CCC)c1=O. The van der Waals surface area contributed by atoms with Crippen molar-refractivity contribution in [1.82, 2.24) is 19.1 Å². The van der Waals surface area contributed by atoms with E-state index < -0.39 is 0 Å². The van der Waals surface area contributed by atoms with Gasteiger partial charge in [-0.25, -0.2) is 9.78 Å². The Kier molecular flexibility index (Phi) is 6.21. The van der Waals surface area contributed by atoms with Gasteiger partial charge in [0, 0.05) is 24.7 Å². The van der Waals surface area contributed by atoms with E-state index in [9.17, 15) is 9.59 Å². The highest BCUT2D eigenvalue weighted by atomic mass is 16.5. The van der Waals surface area contributed by atoms with Gasteiger partial charge >= 0.3 is 5.69 Å². The van der Waals surface area contributed by atoms with Crippen LogP contribution in [0.25, 0.3) is 23.3 Å². The third-order valence-electron chi connectivity index (χ3n) is 4.64. The number of hydrogen-bond donors (Lipinski definition) is 1. The first-order valence-electron chi connectivity index (χ1n) is 9.67. The van der Waals surface area contributed by atoms with Crippen LogP contribution in [0.1, 0.15) is 38.1 Å². The number of benzene rings is 1. The minimum atomic E-state index is -0.339. The smallest absolute Gasteiger partial charge is 0.332 e. The molecule has 29 heavy (non-hydrogen) atoms. The van der Waals surface area contributed by atoms with E-state index in [0.717, 1.165) is 12.0 Å². The molecule has 3 aromatic rings. The predicted octanol–water partition coefficient (Wildman–Crippen LogP) is 2.89.